The molecule has 1 N–H and O–H groups in total. The highest BCUT2D eigenvalue weighted by atomic mass is 35.5. The fraction of sp³-hybridized carbons (Fsp3) is 0.417. The predicted molar refractivity (Wildman–Crippen MR) is 65.9 cm³/mol. The van der Waals surface area contributed by atoms with Crippen LogP contribution in [0.2, 0.25) is 5.02 Å². The second-order valence-electron chi connectivity index (χ2n) is 3.44. The molecule has 16 heavy (non-hydrogen) atoms. The normalized spacial score (nSPS) is 9.94. The first-order valence-electron chi connectivity index (χ1n) is 5.29. The highest BCUT2D eigenvalue weighted by Gasteiger charge is 2.02. The van der Waals surface area contributed by atoms with Gasteiger partial charge in [0, 0.05) is 17.3 Å². The molecule has 0 saturated carbocycles. The number of hydrogen-bond donors (Lipinski definition) is 1. The van der Waals surface area contributed by atoms with Gasteiger partial charge in [0.05, 0.1) is 13.0 Å². The fourth-order valence-electron chi connectivity index (χ4n) is 1.32. The summed E-state index contributed by atoms with van der Waals surface area (Å²) in [5, 5.41) is 3.84. The third-order valence-corrected chi connectivity index (χ3v) is 2.38. The van der Waals surface area contributed by atoms with E-state index in [9.17, 15) is 4.79 Å². The van der Waals surface area contributed by atoms with Gasteiger partial charge in [0.25, 0.3) is 0 Å². The van der Waals surface area contributed by atoms with Crippen molar-refractivity contribution in [2.24, 2.45) is 0 Å². The average molecular weight is 242 g/mol. The lowest BCUT2D eigenvalue weighted by atomic mass is 10.2. The molecule has 0 fully saturated rings. The Morgan fingerprint density at radius 2 is 2.25 bits per heavy atom. The molecule has 1 aromatic carbocycles. The van der Waals surface area contributed by atoms with Gasteiger partial charge in [-0.3, -0.25) is 4.79 Å². The summed E-state index contributed by atoms with van der Waals surface area (Å²) in [6, 6.07) is 5.63. The predicted octanol–water partition coefficient (Wildman–Crippen LogP) is 3.01. The summed E-state index contributed by atoms with van der Waals surface area (Å²) in [7, 11) is 0. The maximum absolute atomic E-state index is 11.1. The van der Waals surface area contributed by atoms with E-state index < -0.39 is 0 Å². The molecule has 0 aliphatic carbocycles. The van der Waals surface area contributed by atoms with E-state index in [-0.39, 0.29) is 5.97 Å². The van der Waals surface area contributed by atoms with Crippen molar-refractivity contribution >= 4 is 23.3 Å². The number of nitrogens with one attached hydrogen (secondary N) is 1. The van der Waals surface area contributed by atoms with E-state index >= 15 is 0 Å². The summed E-state index contributed by atoms with van der Waals surface area (Å²) in [5.41, 5.74) is 2.06. The molecule has 0 radical (unpaired) electrons. The van der Waals surface area contributed by atoms with Crippen LogP contribution in [0.15, 0.2) is 18.2 Å². The molecule has 1 aromatic rings. The SMILES string of the molecule is CCOC(=O)CCNc1cc(Cl)ccc1C. The van der Waals surface area contributed by atoms with E-state index in [0.29, 0.717) is 24.6 Å². The maximum Gasteiger partial charge on any atom is 0.307 e. The zero-order valence-corrected chi connectivity index (χ0v) is 10.3. The number of carbonyl (C=O) groups excluding carboxylic acids is 1. The number of ether oxygens (including phenoxy) is 1. The summed E-state index contributed by atoms with van der Waals surface area (Å²) in [6.07, 6.45) is 0.361. The highest BCUT2D eigenvalue weighted by Crippen LogP contribution is 2.19. The van der Waals surface area contributed by atoms with Gasteiger partial charge in [0.1, 0.15) is 0 Å². The third-order valence-electron chi connectivity index (χ3n) is 2.15. The van der Waals surface area contributed by atoms with E-state index in [4.69, 9.17) is 16.3 Å². The number of benzene rings is 1. The van der Waals surface area contributed by atoms with Crippen LogP contribution >= 0.6 is 11.6 Å². The maximum atomic E-state index is 11.1. The van der Waals surface area contributed by atoms with Crippen molar-refractivity contribution < 1.29 is 9.53 Å². The molecule has 0 aromatic heterocycles. The van der Waals surface area contributed by atoms with Crippen LogP contribution in [0.1, 0.15) is 18.9 Å². The van der Waals surface area contributed by atoms with Gasteiger partial charge in [-0.05, 0) is 31.5 Å². The Labute approximate surface area is 101 Å². The molecular weight excluding hydrogens is 226 g/mol. The lowest BCUT2D eigenvalue weighted by Crippen LogP contribution is -2.11. The van der Waals surface area contributed by atoms with Crippen LogP contribution in [-0.4, -0.2) is 19.1 Å². The number of esters is 1. The van der Waals surface area contributed by atoms with Gasteiger partial charge in [0.15, 0.2) is 0 Å². The van der Waals surface area contributed by atoms with E-state index in [1.165, 1.54) is 0 Å². The van der Waals surface area contributed by atoms with Crippen LogP contribution in [0.25, 0.3) is 0 Å². The van der Waals surface area contributed by atoms with Gasteiger partial charge in [-0.15, -0.1) is 0 Å². The van der Waals surface area contributed by atoms with E-state index in [1.54, 1.807) is 6.92 Å². The third kappa shape index (κ3) is 4.11. The van der Waals surface area contributed by atoms with Gasteiger partial charge < -0.3 is 10.1 Å². The number of rotatable bonds is 5. The van der Waals surface area contributed by atoms with E-state index in [0.717, 1.165) is 11.3 Å². The lowest BCUT2D eigenvalue weighted by molar-refractivity contribution is -0.142. The summed E-state index contributed by atoms with van der Waals surface area (Å²) in [5.74, 6) is -0.185. The molecule has 0 unspecified atom stereocenters. The van der Waals surface area contributed by atoms with Crippen LogP contribution in [-0.2, 0) is 9.53 Å². The molecule has 0 heterocycles. The van der Waals surface area contributed by atoms with Crippen LogP contribution < -0.4 is 5.32 Å². The molecule has 0 aliphatic heterocycles. The summed E-state index contributed by atoms with van der Waals surface area (Å²) in [6.45, 7) is 4.77. The van der Waals surface area contributed by atoms with Gasteiger partial charge in [0.2, 0.25) is 0 Å². The van der Waals surface area contributed by atoms with E-state index in [1.807, 2.05) is 25.1 Å². The minimum atomic E-state index is -0.185. The largest absolute Gasteiger partial charge is 0.466 e. The Bertz CT molecular complexity index is 366. The van der Waals surface area contributed by atoms with Crippen molar-refractivity contribution in [3.63, 3.8) is 0 Å². The van der Waals surface area contributed by atoms with Crippen molar-refractivity contribution in [3.8, 4) is 0 Å². The zero-order valence-electron chi connectivity index (χ0n) is 9.55. The van der Waals surface area contributed by atoms with Crippen LogP contribution in [0, 0.1) is 6.92 Å². The quantitative estimate of drug-likeness (QED) is 0.806. The van der Waals surface area contributed by atoms with Crippen LogP contribution in [0.3, 0.4) is 0 Å². The van der Waals surface area contributed by atoms with Crippen molar-refractivity contribution in [1.82, 2.24) is 0 Å². The number of carbonyl (C=O) groups is 1. The number of halogens is 1. The summed E-state index contributed by atoms with van der Waals surface area (Å²) >= 11 is 5.88. The number of aryl methyl sites for hydroxylation is 1. The molecule has 88 valence electrons. The number of hydrogen-bond acceptors (Lipinski definition) is 3. The highest BCUT2D eigenvalue weighted by molar-refractivity contribution is 6.30. The first-order chi connectivity index (χ1) is 7.63. The molecule has 0 saturated heterocycles. The molecule has 0 amide bonds. The molecule has 1 rings (SSSR count). The van der Waals surface area contributed by atoms with Crippen molar-refractivity contribution in [1.29, 1.82) is 0 Å². The van der Waals surface area contributed by atoms with Crippen molar-refractivity contribution in [2.45, 2.75) is 20.3 Å². The summed E-state index contributed by atoms with van der Waals surface area (Å²) < 4.78 is 4.83. The lowest BCUT2D eigenvalue weighted by Gasteiger charge is -2.09. The molecule has 0 atom stereocenters. The molecule has 4 heteroatoms. The topological polar surface area (TPSA) is 38.3 Å². The van der Waals surface area contributed by atoms with E-state index in [2.05, 4.69) is 5.32 Å². The smallest absolute Gasteiger partial charge is 0.307 e. The molecule has 0 bridgehead atoms. The molecular formula is C12H16ClNO2. The number of anilines is 1. The second-order valence-corrected chi connectivity index (χ2v) is 3.88. The molecule has 3 nitrogen and oxygen atoms in total. The Morgan fingerprint density at radius 1 is 1.50 bits per heavy atom. The Balaban J connectivity index is 2.42. The minimum Gasteiger partial charge on any atom is -0.466 e. The molecule has 0 aliphatic rings. The minimum absolute atomic E-state index is 0.185. The van der Waals surface area contributed by atoms with Crippen LogP contribution in [0.4, 0.5) is 5.69 Å². The second kappa shape index (κ2) is 6.38. The van der Waals surface area contributed by atoms with Gasteiger partial charge in [-0.1, -0.05) is 17.7 Å². The average Bonchev–Trinajstić information content (AvgIpc) is 2.23. The van der Waals surface area contributed by atoms with Gasteiger partial charge in [-0.2, -0.15) is 0 Å². The Morgan fingerprint density at radius 3 is 2.94 bits per heavy atom. The zero-order chi connectivity index (χ0) is 12.0. The van der Waals surface area contributed by atoms with Gasteiger partial charge >= 0.3 is 5.97 Å². The Kier molecular flexibility index (Phi) is 5.12. The van der Waals surface area contributed by atoms with Gasteiger partial charge in [-0.25, -0.2) is 0 Å². The van der Waals surface area contributed by atoms with Crippen molar-refractivity contribution in [3.05, 3.63) is 28.8 Å². The van der Waals surface area contributed by atoms with Crippen LogP contribution in [0.5, 0.6) is 0 Å². The Hall–Kier alpha value is -1.22. The first kappa shape index (κ1) is 12.8. The monoisotopic (exact) mass is 241 g/mol. The molecule has 0 spiro atoms. The standard InChI is InChI=1S/C12H16ClNO2/c1-3-16-12(15)6-7-14-11-8-10(13)5-4-9(11)2/h4-5,8,14H,3,6-7H2,1-2H3. The first-order valence-corrected chi connectivity index (χ1v) is 5.67. The summed E-state index contributed by atoms with van der Waals surface area (Å²) in [4.78, 5) is 11.1. The fourth-order valence-corrected chi connectivity index (χ4v) is 1.49. The van der Waals surface area contributed by atoms with Crippen molar-refractivity contribution in [2.75, 3.05) is 18.5 Å².